The van der Waals surface area contributed by atoms with Crippen LogP contribution < -0.4 is 14.8 Å². The van der Waals surface area contributed by atoms with Gasteiger partial charge in [0, 0.05) is 31.5 Å². The Kier molecular flexibility index (Phi) is 6.25. The van der Waals surface area contributed by atoms with Crippen LogP contribution in [0.5, 0.6) is 11.5 Å². The molecule has 0 radical (unpaired) electrons. The number of carbonyl (C=O) groups excluding carboxylic acids is 2. The zero-order valence-corrected chi connectivity index (χ0v) is 19.1. The second kappa shape index (κ2) is 9.46. The van der Waals surface area contributed by atoms with E-state index in [1.54, 1.807) is 0 Å². The van der Waals surface area contributed by atoms with Gasteiger partial charge in [0.15, 0.2) is 11.5 Å². The Hall–Kier alpha value is -3.02. The van der Waals surface area contributed by atoms with Crippen molar-refractivity contribution in [2.45, 2.75) is 62.8 Å². The molecule has 5 rings (SSSR count). The van der Waals surface area contributed by atoms with Crippen molar-refractivity contribution < 1.29 is 19.1 Å². The lowest BCUT2D eigenvalue weighted by atomic mass is 9.84. The molecule has 2 fully saturated rings. The minimum Gasteiger partial charge on any atom is -0.454 e. The fraction of sp³-hybridized carbons (Fsp3) is 0.481. The number of carbonyl (C=O) groups is 2. The van der Waals surface area contributed by atoms with Gasteiger partial charge in [-0.25, -0.2) is 0 Å². The van der Waals surface area contributed by atoms with E-state index in [1.165, 1.54) is 5.56 Å². The summed E-state index contributed by atoms with van der Waals surface area (Å²) in [6.45, 7) is 1.87. The van der Waals surface area contributed by atoms with Gasteiger partial charge in [-0.05, 0) is 67.7 Å². The Labute approximate surface area is 195 Å². The third kappa shape index (κ3) is 5.00. The Morgan fingerprint density at radius 2 is 1.91 bits per heavy atom. The highest BCUT2D eigenvalue weighted by Gasteiger charge is 2.38. The maximum Gasteiger partial charge on any atom is 0.231 e. The van der Waals surface area contributed by atoms with Gasteiger partial charge in [-0.15, -0.1) is 0 Å². The quantitative estimate of drug-likeness (QED) is 0.720. The van der Waals surface area contributed by atoms with E-state index in [-0.39, 0.29) is 24.1 Å². The zero-order valence-electron chi connectivity index (χ0n) is 19.1. The summed E-state index contributed by atoms with van der Waals surface area (Å²) in [5.41, 5.74) is 2.09. The van der Waals surface area contributed by atoms with Crippen LogP contribution in [0.3, 0.4) is 0 Å². The normalized spacial score (nSPS) is 24.4. The molecule has 6 nitrogen and oxygen atoms in total. The van der Waals surface area contributed by atoms with Gasteiger partial charge in [0.2, 0.25) is 18.6 Å². The molecule has 174 valence electrons. The molecule has 2 saturated heterocycles. The maximum atomic E-state index is 13.2. The molecule has 6 heteroatoms. The molecular weight excluding hydrogens is 416 g/mol. The second-order valence-electron chi connectivity index (χ2n) is 9.61. The number of rotatable bonds is 6. The molecule has 2 unspecified atom stereocenters. The number of benzene rings is 2. The zero-order chi connectivity index (χ0) is 22.7. The Morgan fingerprint density at radius 1 is 1.06 bits per heavy atom. The van der Waals surface area contributed by atoms with Crippen molar-refractivity contribution in [2.75, 3.05) is 19.9 Å². The summed E-state index contributed by atoms with van der Waals surface area (Å²) in [6.07, 6.45) is 6.24. The lowest BCUT2D eigenvalue weighted by Crippen LogP contribution is -2.45. The molecule has 3 aliphatic heterocycles. The van der Waals surface area contributed by atoms with Crippen LogP contribution in [0.15, 0.2) is 48.5 Å². The maximum absolute atomic E-state index is 13.2. The molecule has 3 aliphatic rings. The SMILES string of the molecule is O=C1CCC(CCC(=O)N2CCCC(c3ccccc3)CC2)(Cc2ccc3c(c2)OCO3)N1. The van der Waals surface area contributed by atoms with Gasteiger partial charge in [0.1, 0.15) is 0 Å². The van der Waals surface area contributed by atoms with Crippen LogP contribution in [-0.4, -0.2) is 42.1 Å². The van der Waals surface area contributed by atoms with E-state index in [0.717, 1.165) is 55.8 Å². The molecule has 2 amide bonds. The first-order valence-electron chi connectivity index (χ1n) is 12.1. The first-order chi connectivity index (χ1) is 16.1. The molecule has 2 aromatic rings. The predicted molar refractivity (Wildman–Crippen MR) is 125 cm³/mol. The average molecular weight is 449 g/mol. The fourth-order valence-corrected chi connectivity index (χ4v) is 5.53. The molecular formula is C27H32N2O4. The van der Waals surface area contributed by atoms with Crippen molar-refractivity contribution in [3.8, 4) is 11.5 Å². The molecule has 2 atom stereocenters. The number of nitrogens with zero attached hydrogens (tertiary/aromatic N) is 1. The molecule has 0 aromatic heterocycles. The largest absolute Gasteiger partial charge is 0.454 e. The van der Waals surface area contributed by atoms with Crippen molar-refractivity contribution in [3.63, 3.8) is 0 Å². The van der Waals surface area contributed by atoms with E-state index in [4.69, 9.17) is 9.47 Å². The van der Waals surface area contributed by atoms with Crippen molar-refractivity contribution in [1.29, 1.82) is 0 Å². The highest BCUT2D eigenvalue weighted by molar-refractivity contribution is 5.80. The summed E-state index contributed by atoms with van der Waals surface area (Å²) in [5.74, 6) is 2.31. The van der Waals surface area contributed by atoms with Gasteiger partial charge in [-0.3, -0.25) is 9.59 Å². The van der Waals surface area contributed by atoms with Crippen molar-refractivity contribution in [3.05, 3.63) is 59.7 Å². The first-order valence-corrected chi connectivity index (χ1v) is 12.1. The molecule has 0 spiro atoms. The van der Waals surface area contributed by atoms with Crippen LogP contribution in [0.4, 0.5) is 0 Å². The van der Waals surface area contributed by atoms with E-state index >= 15 is 0 Å². The van der Waals surface area contributed by atoms with Gasteiger partial charge in [0.05, 0.1) is 0 Å². The summed E-state index contributed by atoms with van der Waals surface area (Å²) in [4.78, 5) is 27.3. The monoisotopic (exact) mass is 448 g/mol. The van der Waals surface area contributed by atoms with Gasteiger partial charge >= 0.3 is 0 Å². The molecule has 0 aliphatic carbocycles. The third-order valence-electron chi connectivity index (χ3n) is 7.38. The number of ether oxygens (including phenoxy) is 2. The summed E-state index contributed by atoms with van der Waals surface area (Å²) in [5, 5.41) is 3.20. The lowest BCUT2D eigenvalue weighted by Gasteiger charge is -2.30. The molecule has 0 bridgehead atoms. The molecule has 1 N–H and O–H groups in total. The number of hydrogen-bond acceptors (Lipinski definition) is 4. The van der Waals surface area contributed by atoms with Crippen molar-refractivity contribution in [2.24, 2.45) is 0 Å². The highest BCUT2D eigenvalue weighted by atomic mass is 16.7. The number of fused-ring (bicyclic) bond motifs is 1. The second-order valence-corrected chi connectivity index (χ2v) is 9.61. The van der Waals surface area contributed by atoms with E-state index < -0.39 is 0 Å². The van der Waals surface area contributed by atoms with Crippen molar-refractivity contribution in [1.82, 2.24) is 10.2 Å². The van der Waals surface area contributed by atoms with E-state index in [9.17, 15) is 9.59 Å². The summed E-state index contributed by atoms with van der Waals surface area (Å²) >= 11 is 0. The smallest absolute Gasteiger partial charge is 0.231 e. The van der Waals surface area contributed by atoms with Gasteiger partial charge in [-0.1, -0.05) is 36.4 Å². The standard InChI is InChI=1S/C27H32N2O4/c30-25-10-13-27(28-25,18-20-8-9-23-24(17-20)33-19-32-23)14-11-26(31)29-15-4-7-22(12-16-29)21-5-2-1-3-6-21/h1-3,5-6,8-9,17,22H,4,7,10-16,18-19H2,(H,28,30). The van der Waals surface area contributed by atoms with E-state index in [2.05, 4.69) is 35.6 Å². The molecule has 3 heterocycles. The predicted octanol–water partition coefficient (Wildman–Crippen LogP) is 4.18. The number of likely N-dealkylation sites (tertiary alicyclic amines) is 1. The average Bonchev–Trinajstić information content (AvgIpc) is 3.36. The van der Waals surface area contributed by atoms with Crippen LogP contribution in [0, 0.1) is 0 Å². The van der Waals surface area contributed by atoms with E-state index in [1.807, 2.05) is 23.1 Å². The number of nitrogens with one attached hydrogen (secondary N) is 1. The van der Waals surface area contributed by atoms with Gasteiger partial charge in [-0.2, -0.15) is 0 Å². The van der Waals surface area contributed by atoms with Crippen LogP contribution >= 0.6 is 0 Å². The summed E-state index contributed by atoms with van der Waals surface area (Å²) in [7, 11) is 0. The van der Waals surface area contributed by atoms with Crippen LogP contribution in [0.2, 0.25) is 0 Å². The number of amides is 2. The summed E-state index contributed by atoms with van der Waals surface area (Å²) < 4.78 is 10.9. The van der Waals surface area contributed by atoms with Gasteiger partial charge < -0.3 is 19.7 Å². The minimum atomic E-state index is -0.376. The van der Waals surface area contributed by atoms with Crippen LogP contribution in [0.1, 0.15) is 62.0 Å². The lowest BCUT2D eigenvalue weighted by molar-refractivity contribution is -0.131. The fourth-order valence-electron chi connectivity index (χ4n) is 5.53. The Balaban J connectivity index is 1.20. The first kappa shape index (κ1) is 21.8. The van der Waals surface area contributed by atoms with E-state index in [0.29, 0.717) is 31.6 Å². The van der Waals surface area contributed by atoms with Gasteiger partial charge in [0.25, 0.3) is 0 Å². The molecule has 33 heavy (non-hydrogen) atoms. The Bertz CT molecular complexity index is 1010. The summed E-state index contributed by atoms with van der Waals surface area (Å²) in [6, 6.07) is 16.6. The van der Waals surface area contributed by atoms with Crippen LogP contribution in [-0.2, 0) is 16.0 Å². The molecule has 0 saturated carbocycles. The highest BCUT2D eigenvalue weighted by Crippen LogP contribution is 2.36. The van der Waals surface area contributed by atoms with Crippen LogP contribution in [0.25, 0.3) is 0 Å². The topological polar surface area (TPSA) is 67.9 Å². The molecule has 2 aromatic carbocycles. The Morgan fingerprint density at radius 3 is 2.73 bits per heavy atom. The van der Waals surface area contributed by atoms with Crippen molar-refractivity contribution >= 4 is 11.8 Å². The third-order valence-corrected chi connectivity index (χ3v) is 7.38. The number of hydrogen-bond donors (Lipinski definition) is 1. The minimum absolute atomic E-state index is 0.0728.